The summed E-state index contributed by atoms with van der Waals surface area (Å²) in [5.41, 5.74) is 1.18. The Hall–Kier alpha value is -1.68. The van der Waals surface area contributed by atoms with Crippen molar-refractivity contribution in [1.82, 2.24) is 20.2 Å². The summed E-state index contributed by atoms with van der Waals surface area (Å²) in [6.07, 6.45) is 6.56. The molecule has 6 nitrogen and oxygen atoms in total. The zero-order valence-electron chi connectivity index (χ0n) is 10.7. The third-order valence-corrected chi connectivity index (χ3v) is 3.34. The van der Waals surface area contributed by atoms with Crippen molar-refractivity contribution in [3.8, 4) is 6.19 Å². The molecule has 0 aliphatic carbocycles. The molecule has 0 saturated carbocycles. The minimum absolute atomic E-state index is 0.521. The second-order valence-corrected chi connectivity index (χ2v) is 4.71. The zero-order valence-corrected chi connectivity index (χ0v) is 11.5. The van der Waals surface area contributed by atoms with Gasteiger partial charge in [0.05, 0.1) is 12.2 Å². The first-order valence-electron chi connectivity index (χ1n) is 5.68. The number of hydrogen-bond acceptors (Lipinski definition) is 4. The maximum atomic E-state index is 8.45. The van der Waals surface area contributed by atoms with Gasteiger partial charge in [-0.25, -0.2) is 4.98 Å². The van der Waals surface area contributed by atoms with Gasteiger partial charge in [-0.15, -0.1) is 11.8 Å². The van der Waals surface area contributed by atoms with Crippen LogP contribution in [0.4, 0.5) is 0 Å². The second-order valence-electron chi connectivity index (χ2n) is 3.63. The standard InChI is InChI=1S/C11H18N6S/c1-10-6-14-8-17(10)9-18-5-3-4-15-11(13-2)16-7-12/h6,8H,3-5,9H2,1-2H3,(H2,13,15,16). The van der Waals surface area contributed by atoms with Crippen molar-refractivity contribution in [2.75, 3.05) is 19.3 Å². The van der Waals surface area contributed by atoms with Gasteiger partial charge in [-0.2, -0.15) is 5.26 Å². The lowest BCUT2D eigenvalue weighted by Gasteiger charge is -2.07. The highest BCUT2D eigenvalue weighted by Gasteiger charge is 1.97. The number of nitrogens with one attached hydrogen (secondary N) is 2. The molecule has 7 heteroatoms. The van der Waals surface area contributed by atoms with Crippen LogP contribution in [0.1, 0.15) is 12.1 Å². The normalized spacial score (nSPS) is 11.1. The molecule has 1 rings (SSSR count). The Kier molecular flexibility index (Phi) is 6.72. The average Bonchev–Trinajstić information content (AvgIpc) is 2.78. The third kappa shape index (κ3) is 5.10. The van der Waals surface area contributed by atoms with Crippen molar-refractivity contribution in [2.24, 2.45) is 4.99 Å². The van der Waals surface area contributed by atoms with Gasteiger partial charge in [-0.1, -0.05) is 0 Å². The van der Waals surface area contributed by atoms with Crippen LogP contribution in [-0.2, 0) is 5.88 Å². The molecule has 98 valence electrons. The van der Waals surface area contributed by atoms with E-state index in [0.717, 1.165) is 24.6 Å². The number of nitriles is 1. The number of aromatic nitrogens is 2. The molecule has 1 aromatic rings. The third-order valence-electron chi connectivity index (χ3n) is 2.31. The van der Waals surface area contributed by atoms with Crippen LogP contribution in [0.2, 0.25) is 0 Å². The summed E-state index contributed by atoms with van der Waals surface area (Å²) in [6, 6.07) is 0. The Morgan fingerprint density at radius 1 is 1.67 bits per heavy atom. The summed E-state index contributed by atoms with van der Waals surface area (Å²) in [6.45, 7) is 2.85. The number of hydrogen-bond donors (Lipinski definition) is 2. The highest BCUT2D eigenvalue weighted by atomic mass is 32.2. The van der Waals surface area contributed by atoms with E-state index in [1.165, 1.54) is 5.69 Å². The molecular weight excluding hydrogens is 248 g/mol. The van der Waals surface area contributed by atoms with Crippen LogP contribution in [0.3, 0.4) is 0 Å². The molecule has 0 aliphatic heterocycles. The smallest absolute Gasteiger partial charge is 0.204 e. The van der Waals surface area contributed by atoms with E-state index in [9.17, 15) is 0 Å². The molecule has 0 atom stereocenters. The number of aryl methyl sites for hydroxylation is 1. The fourth-order valence-corrected chi connectivity index (χ4v) is 2.24. The van der Waals surface area contributed by atoms with E-state index >= 15 is 0 Å². The highest BCUT2D eigenvalue weighted by Crippen LogP contribution is 2.08. The van der Waals surface area contributed by atoms with Gasteiger partial charge in [0.1, 0.15) is 0 Å². The average molecular weight is 266 g/mol. The molecule has 2 N–H and O–H groups in total. The Labute approximate surface area is 112 Å². The van der Waals surface area contributed by atoms with E-state index in [1.54, 1.807) is 7.05 Å². The van der Waals surface area contributed by atoms with E-state index in [1.807, 2.05) is 37.4 Å². The van der Waals surface area contributed by atoms with Gasteiger partial charge >= 0.3 is 0 Å². The Morgan fingerprint density at radius 2 is 2.50 bits per heavy atom. The van der Waals surface area contributed by atoms with Gasteiger partial charge in [-0.3, -0.25) is 10.3 Å². The van der Waals surface area contributed by atoms with Crippen LogP contribution in [0.5, 0.6) is 0 Å². The van der Waals surface area contributed by atoms with Gasteiger partial charge in [-0.05, 0) is 19.1 Å². The van der Waals surface area contributed by atoms with Gasteiger partial charge in [0, 0.05) is 25.5 Å². The predicted octanol–water partition coefficient (Wildman–Crippen LogP) is 0.918. The Bertz CT molecular complexity index is 419. The summed E-state index contributed by atoms with van der Waals surface area (Å²) < 4.78 is 2.12. The van der Waals surface area contributed by atoms with E-state index < -0.39 is 0 Å². The van der Waals surface area contributed by atoms with E-state index in [2.05, 4.69) is 25.2 Å². The fraction of sp³-hybridized carbons (Fsp3) is 0.545. The first kappa shape index (κ1) is 14.4. The molecule has 0 radical (unpaired) electrons. The van der Waals surface area contributed by atoms with Gasteiger partial charge in [0.15, 0.2) is 6.19 Å². The van der Waals surface area contributed by atoms with Crippen LogP contribution in [0.15, 0.2) is 17.5 Å². The summed E-state index contributed by atoms with van der Waals surface area (Å²) in [5.74, 6) is 2.50. The minimum atomic E-state index is 0.521. The summed E-state index contributed by atoms with van der Waals surface area (Å²) in [4.78, 5) is 7.97. The van der Waals surface area contributed by atoms with Crippen molar-refractivity contribution in [3.63, 3.8) is 0 Å². The Balaban J connectivity index is 2.06. The molecule has 0 unspecified atom stereocenters. The number of imidazole rings is 1. The molecule has 0 spiro atoms. The molecule has 1 aromatic heterocycles. The molecule has 0 aromatic carbocycles. The summed E-state index contributed by atoms with van der Waals surface area (Å²) >= 11 is 1.86. The minimum Gasteiger partial charge on any atom is -0.356 e. The molecule has 1 heterocycles. The maximum Gasteiger partial charge on any atom is 0.204 e. The maximum absolute atomic E-state index is 8.45. The number of rotatable bonds is 6. The van der Waals surface area contributed by atoms with Crippen molar-refractivity contribution < 1.29 is 0 Å². The molecular formula is C11H18N6S. The molecule has 0 fully saturated rings. The monoisotopic (exact) mass is 266 g/mol. The van der Waals surface area contributed by atoms with Gasteiger partial charge in [0.25, 0.3) is 0 Å². The van der Waals surface area contributed by atoms with Crippen molar-refractivity contribution >= 4 is 17.7 Å². The topological polar surface area (TPSA) is 78.0 Å². The van der Waals surface area contributed by atoms with Crippen molar-refractivity contribution in [2.45, 2.75) is 19.2 Å². The van der Waals surface area contributed by atoms with E-state index in [4.69, 9.17) is 5.26 Å². The number of guanidine groups is 1. The number of thioether (sulfide) groups is 1. The van der Waals surface area contributed by atoms with Crippen molar-refractivity contribution in [3.05, 3.63) is 18.2 Å². The van der Waals surface area contributed by atoms with Gasteiger partial charge in [0.2, 0.25) is 5.96 Å². The van der Waals surface area contributed by atoms with Crippen LogP contribution < -0.4 is 10.6 Å². The second kappa shape index (κ2) is 8.42. The SMILES string of the molecule is CN=C(NC#N)NCCCSCn1cncc1C. The first-order valence-corrected chi connectivity index (χ1v) is 6.83. The lowest BCUT2D eigenvalue weighted by molar-refractivity contribution is 0.817. The summed E-state index contributed by atoms with van der Waals surface area (Å²) in [5, 5.41) is 14.0. The Morgan fingerprint density at radius 3 is 3.11 bits per heavy atom. The first-order chi connectivity index (χ1) is 8.77. The lowest BCUT2D eigenvalue weighted by atomic mass is 10.5. The molecule has 0 amide bonds. The molecule has 0 saturated heterocycles. The van der Waals surface area contributed by atoms with Crippen LogP contribution in [0.25, 0.3) is 0 Å². The summed E-state index contributed by atoms with van der Waals surface area (Å²) in [7, 11) is 1.64. The molecule has 18 heavy (non-hydrogen) atoms. The zero-order chi connectivity index (χ0) is 13.2. The largest absolute Gasteiger partial charge is 0.356 e. The predicted molar refractivity (Wildman–Crippen MR) is 74.1 cm³/mol. The molecule has 0 bridgehead atoms. The van der Waals surface area contributed by atoms with Gasteiger partial charge < -0.3 is 9.88 Å². The van der Waals surface area contributed by atoms with E-state index in [0.29, 0.717) is 5.96 Å². The molecule has 0 aliphatic rings. The quantitative estimate of drug-likeness (QED) is 0.263. The van der Waals surface area contributed by atoms with Crippen LogP contribution >= 0.6 is 11.8 Å². The lowest BCUT2D eigenvalue weighted by Crippen LogP contribution is -2.35. The number of nitrogens with zero attached hydrogens (tertiary/aromatic N) is 4. The van der Waals surface area contributed by atoms with Crippen LogP contribution in [-0.4, -0.2) is 34.9 Å². The van der Waals surface area contributed by atoms with Crippen molar-refractivity contribution in [1.29, 1.82) is 5.26 Å². The number of aliphatic imine (C=N–C) groups is 1. The van der Waals surface area contributed by atoms with E-state index in [-0.39, 0.29) is 0 Å². The highest BCUT2D eigenvalue weighted by molar-refractivity contribution is 7.98. The fourth-order valence-electron chi connectivity index (χ4n) is 1.30. The van der Waals surface area contributed by atoms with Crippen LogP contribution in [0, 0.1) is 18.4 Å².